The molecule has 0 saturated carbocycles. The zero-order valence-corrected chi connectivity index (χ0v) is 16.3. The average Bonchev–Trinajstić information content (AvgIpc) is 3.03. The van der Waals surface area contributed by atoms with Crippen LogP contribution < -0.4 is 0 Å². The van der Waals surface area contributed by atoms with Gasteiger partial charge >= 0.3 is 5.97 Å². The van der Waals surface area contributed by atoms with E-state index in [4.69, 9.17) is 4.74 Å². The van der Waals surface area contributed by atoms with Gasteiger partial charge in [-0.05, 0) is 38.8 Å². The lowest BCUT2D eigenvalue weighted by Crippen LogP contribution is -2.17. The Morgan fingerprint density at radius 3 is 2.36 bits per heavy atom. The van der Waals surface area contributed by atoms with E-state index in [0.717, 1.165) is 12.8 Å². The first-order valence-electron chi connectivity index (χ1n) is 10.0. The lowest BCUT2D eigenvalue weighted by Gasteiger charge is -2.13. The topological polar surface area (TPSA) is 31.2 Å². The predicted molar refractivity (Wildman–Crippen MR) is 102 cm³/mol. The molecule has 1 rings (SSSR count). The van der Waals surface area contributed by atoms with Crippen molar-refractivity contribution in [1.29, 1.82) is 0 Å². The van der Waals surface area contributed by atoms with Crippen LogP contribution in [0.5, 0.6) is 0 Å². The second kappa shape index (κ2) is 13.0. The van der Waals surface area contributed by atoms with Crippen LogP contribution in [-0.2, 0) is 11.3 Å². The Balaban J connectivity index is 2.17. The number of carbonyl (C=O) groups excluding carboxylic acids is 1. The maximum atomic E-state index is 14.1. The summed E-state index contributed by atoms with van der Waals surface area (Å²) in [5, 5.41) is 0. The van der Waals surface area contributed by atoms with Gasteiger partial charge in [-0.1, -0.05) is 58.3 Å². The van der Waals surface area contributed by atoms with Gasteiger partial charge in [0, 0.05) is 12.7 Å². The lowest BCUT2D eigenvalue weighted by atomic mass is 10.1. The highest BCUT2D eigenvalue weighted by atomic mass is 19.1. The van der Waals surface area contributed by atoms with Gasteiger partial charge < -0.3 is 9.30 Å². The number of aromatic nitrogens is 1. The summed E-state index contributed by atoms with van der Waals surface area (Å²) in [4.78, 5) is 12.0. The standard InChI is InChI=1S/C21H36FNO2/c1-4-5-6-7-8-9-10-11-13-19(22)15-17-23-16-12-14-20(23)21(24)25-18(2)3/h12,14,16,18-19H,4-11,13,15,17H2,1-3H3. The Hall–Kier alpha value is -1.32. The third-order valence-corrected chi connectivity index (χ3v) is 4.44. The Morgan fingerprint density at radius 1 is 1.08 bits per heavy atom. The molecule has 0 aliphatic carbocycles. The monoisotopic (exact) mass is 353 g/mol. The van der Waals surface area contributed by atoms with Crippen LogP contribution in [0.25, 0.3) is 0 Å². The molecule has 0 amide bonds. The molecule has 0 saturated heterocycles. The average molecular weight is 354 g/mol. The molecule has 4 heteroatoms. The molecule has 1 heterocycles. The van der Waals surface area contributed by atoms with Crippen molar-refractivity contribution in [1.82, 2.24) is 4.57 Å². The first kappa shape index (κ1) is 21.7. The molecular weight excluding hydrogens is 317 g/mol. The first-order valence-corrected chi connectivity index (χ1v) is 10.0. The molecule has 1 unspecified atom stereocenters. The van der Waals surface area contributed by atoms with Crippen molar-refractivity contribution in [3.8, 4) is 0 Å². The fourth-order valence-corrected chi connectivity index (χ4v) is 2.99. The SMILES string of the molecule is CCCCCCCCCCC(F)CCn1cccc1C(=O)OC(C)C. The highest BCUT2D eigenvalue weighted by Crippen LogP contribution is 2.15. The molecule has 25 heavy (non-hydrogen) atoms. The molecule has 1 atom stereocenters. The molecule has 144 valence electrons. The number of hydrogen-bond donors (Lipinski definition) is 0. The molecule has 0 aromatic carbocycles. The van der Waals surface area contributed by atoms with E-state index < -0.39 is 6.17 Å². The number of alkyl halides is 1. The second-order valence-corrected chi connectivity index (χ2v) is 7.19. The minimum absolute atomic E-state index is 0.147. The van der Waals surface area contributed by atoms with Gasteiger partial charge in [0.15, 0.2) is 0 Å². The molecular formula is C21H36FNO2. The van der Waals surface area contributed by atoms with Crippen molar-refractivity contribution in [3.63, 3.8) is 0 Å². The third kappa shape index (κ3) is 9.66. The van der Waals surface area contributed by atoms with Crippen LogP contribution in [0, 0.1) is 0 Å². The van der Waals surface area contributed by atoms with Crippen molar-refractivity contribution in [3.05, 3.63) is 24.0 Å². The van der Waals surface area contributed by atoms with Crippen LogP contribution in [0.3, 0.4) is 0 Å². The van der Waals surface area contributed by atoms with Crippen molar-refractivity contribution in [2.45, 2.75) is 104 Å². The maximum Gasteiger partial charge on any atom is 0.355 e. The van der Waals surface area contributed by atoms with E-state index >= 15 is 0 Å². The summed E-state index contributed by atoms with van der Waals surface area (Å²) < 4.78 is 21.1. The largest absolute Gasteiger partial charge is 0.458 e. The van der Waals surface area contributed by atoms with Crippen molar-refractivity contribution >= 4 is 5.97 Å². The number of ether oxygens (including phenoxy) is 1. The van der Waals surface area contributed by atoms with E-state index in [1.165, 1.54) is 38.5 Å². The zero-order chi connectivity index (χ0) is 18.5. The van der Waals surface area contributed by atoms with Crippen LogP contribution in [-0.4, -0.2) is 22.8 Å². The number of esters is 1. The third-order valence-electron chi connectivity index (χ3n) is 4.44. The number of halogens is 1. The fourth-order valence-electron chi connectivity index (χ4n) is 2.99. The molecule has 0 radical (unpaired) electrons. The summed E-state index contributed by atoms with van der Waals surface area (Å²) in [6.45, 7) is 6.40. The number of nitrogens with zero attached hydrogens (tertiary/aromatic N) is 1. The van der Waals surface area contributed by atoms with E-state index in [9.17, 15) is 9.18 Å². The Morgan fingerprint density at radius 2 is 1.72 bits per heavy atom. The molecule has 0 fully saturated rings. The van der Waals surface area contributed by atoms with Gasteiger partial charge in [0.2, 0.25) is 0 Å². The Bertz CT molecular complexity index is 470. The van der Waals surface area contributed by atoms with Crippen LogP contribution in [0.2, 0.25) is 0 Å². The minimum Gasteiger partial charge on any atom is -0.458 e. The van der Waals surface area contributed by atoms with Gasteiger partial charge in [0.1, 0.15) is 11.9 Å². The fraction of sp³-hybridized carbons (Fsp3) is 0.762. The van der Waals surface area contributed by atoms with E-state index in [1.807, 2.05) is 26.1 Å². The molecule has 0 N–H and O–H groups in total. The van der Waals surface area contributed by atoms with Crippen LogP contribution >= 0.6 is 0 Å². The van der Waals surface area contributed by atoms with E-state index in [1.54, 1.807) is 10.6 Å². The minimum atomic E-state index is -0.795. The van der Waals surface area contributed by atoms with E-state index in [2.05, 4.69) is 6.92 Å². The van der Waals surface area contributed by atoms with Crippen molar-refractivity contribution in [2.75, 3.05) is 0 Å². The summed E-state index contributed by atoms with van der Waals surface area (Å²) in [6.07, 6.45) is 11.8. The zero-order valence-electron chi connectivity index (χ0n) is 16.3. The quantitative estimate of drug-likeness (QED) is 0.290. The molecule has 0 aliphatic heterocycles. The Kier molecular flexibility index (Phi) is 11.3. The molecule has 1 aromatic rings. The first-order chi connectivity index (χ1) is 12.0. The summed E-state index contributed by atoms with van der Waals surface area (Å²) in [6, 6.07) is 3.54. The van der Waals surface area contributed by atoms with Crippen LogP contribution in [0.15, 0.2) is 18.3 Å². The molecule has 0 aliphatic rings. The van der Waals surface area contributed by atoms with Gasteiger partial charge in [0.25, 0.3) is 0 Å². The van der Waals surface area contributed by atoms with Gasteiger partial charge in [-0.25, -0.2) is 9.18 Å². The van der Waals surface area contributed by atoms with Crippen molar-refractivity contribution in [2.24, 2.45) is 0 Å². The van der Waals surface area contributed by atoms with E-state index in [-0.39, 0.29) is 12.1 Å². The summed E-state index contributed by atoms with van der Waals surface area (Å²) in [5.41, 5.74) is 0.507. The van der Waals surface area contributed by atoms with E-state index in [0.29, 0.717) is 25.1 Å². The smallest absolute Gasteiger partial charge is 0.355 e. The summed E-state index contributed by atoms with van der Waals surface area (Å²) in [7, 11) is 0. The Labute approximate surface area is 152 Å². The number of hydrogen-bond acceptors (Lipinski definition) is 2. The highest BCUT2D eigenvalue weighted by Gasteiger charge is 2.15. The van der Waals surface area contributed by atoms with Crippen molar-refractivity contribution < 1.29 is 13.9 Å². The number of rotatable bonds is 14. The van der Waals surface area contributed by atoms with Gasteiger partial charge in [0.05, 0.1) is 6.10 Å². The highest BCUT2D eigenvalue weighted by molar-refractivity contribution is 5.87. The number of unbranched alkanes of at least 4 members (excludes halogenated alkanes) is 7. The maximum absolute atomic E-state index is 14.1. The molecule has 0 spiro atoms. The lowest BCUT2D eigenvalue weighted by molar-refractivity contribution is 0.0364. The van der Waals surface area contributed by atoms with Gasteiger partial charge in [-0.3, -0.25) is 0 Å². The molecule has 1 aromatic heterocycles. The molecule has 0 bridgehead atoms. The van der Waals surface area contributed by atoms with Crippen LogP contribution in [0.4, 0.5) is 4.39 Å². The number of carbonyl (C=O) groups is 1. The van der Waals surface area contributed by atoms with Gasteiger partial charge in [-0.15, -0.1) is 0 Å². The number of aryl methyl sites for hydroxylation is 1. The molecule has 3 nitrogen and oxygen atoms in total. The van der Waals surface area contributed by atoms with Gasteiger partial charge in [-0.2, -0.15) is 0 Å². The second-order valence-electron chi connectivity index (χ2n) is 7.19. The predicted octanol–water partition coefficient (Wildman–Crippen LogP) is 6.31. The normalized spacial score (nSPS) is 12.5. The summed E-state index contributed by atoms with van der Waals surface area (Å²) in [5.74, 6) is -0.335. The summed E-state index contributed by atoms with van der Waals surface area (Å²) >= 11 is 0. The van der Waals surface area contributed by atoms with Crippen LogP contribution in [0.1, 0.15) is 95.5 Å².